The fourth-order valence-electron chi connectivity index (χ4n) is 1.71. The number of hydrogen-bond acceptors (Lipinski definition) is 1. The second kappa shape index (κ2) is 5.51. The van der Waals surface area contributed by atoms with Crippen LogP contribution in [0, 0.1) is 6.92 Å². The van der Waals surface area contributed by atoms with Gasteiger partial charge in [0, 0.05) is 6.42 Å². The normalized spacial score (nSPS) is 14.8. The first-order valence-electron chi connectivity index (χ1n) is 5.10. The van der Waals surface area contributed by atoms with Gasteiger partial charge in [0.25, 0.3) is 0 Å². The Hall–Kier alpha value is -0.790. The molecule has 0 amide bonds. The van der Waals surface area contributed by atoms with Crippen molar-refractivity contribution in [1.82, 2.24) is 0 Å². The standard InChI is InChI=1S/C13H14ClN.ClH/c1-9-3-5-11(6-4-9)12-7-10(2)13(8-14)15-12;/h3-6H,7-8H2,1-2H3;1H. The average Bonchev–Trinajstić information content (AvgIpc) is 2.61. The van der Waals surface area contributed by atoms with Gasteiger partial charge in [-0.25, -0.2) is 0 Å². The summed E-state index contributed by atoms with van der Waals surface area (Å²) in [7, 11) is 0. The lowest BCUT2D eigenvalue weighted by Gasteiger charge is -2.01. The fourth-order valence-corrected chi connectivity index (χ4v) is 2.00. The zero-order valence-corrected chi connectivity index (χ0v) is 11.0. The van der Waals surface area contributed by atoms with Crippen LogP contribution in [0.15, 0.2) is 40.5 Å². The number of nitrogens with zero attached hydrogens (tertiary/aromatic N) is 1. The molecule has 0 unspecified atom stereocenters. The molecule has 0 aliphatic carbocycles. The van der Waals surface area contributed by atoms with E-state index in [1.165, 1.54) is 16.7 Å². The van der Waals surface area contributed by atoms with Gasteiger partial charge in [-0.05, 0) is 25.0 Å². The zero-order valence-electron chi connectivity index (χ0n) is 9.46. The molecule has 0 radical (unpaired) electrons. The molecule has 16 heavy (non-hydrogen) atoms. The molecule has 1 aliphatic rings. The number of alkyl halides is 1. The van der Waals surface area contributed by atoms with Crippen LogP contribution in [0.25, 0.3) is 0 Å². The first kappa shape index (κ1) is 13.3. The SMILES string of the molecule is CC1=C(CCl)N=C(c2ccc(C)cc2)C1.Cl. The summed E-state index contributed by atoms with van der Waals surface area (Å²) in [6.45, 7) is 4.19. The molecule has 2 rings (SSSR count). The van der Waals surface area contributed by atoms with E-state index in [2.05, 4.69) is 43.1 Å². The predicted molar refractivity (Wildman–Crippen MR) is 73.0 cm³/mol. The number of hydrogen-bond donors (Lipinski definition) is 0. The lowest BCUT2D eigenvalue weighted by molar-refractivity contribution is 1.22. The molecule has 1 aromatic carbocycles. The van der Waals surface area contributed by atoms with E-state index in [0.29, 0.717) is 5.88 Å². The minimum absolute atomic E-state index is 0. The van der Waals surface area contributed by atoms with E-state index >= 15 is 0 Å². The third-order valence-electron chi connectivity index (χ3n) is 2.71. The Labute approximate surface area is 108 Å². The number of aliphatic imine (C=N–C) groups is 1. The lowest BCUT2D eigenvalue weighted by atomic mass is 10.0. The Morgan fingerprint density at radius 1 is 1.19 bits per heavy atom. The van der Waals surface area contributed by atoms with E-state index in [4.69, 9.17) is 11.6 Å². The van der Waals surface area contributed by atoms with Crippen LogP contribution in [-0.4, -0.2) is 11.6 Å². The topological polar surface area (TPSA) is 12.4 Å². The Morgan fingerprint density at radius 3 is 2.31 bits per heavy atom. The molecule has 0 N–H and O–H groups in total. The molecule has 1 aliphatic heterocycles. The number of halogens is 2. The van der Waals surface area contributed by atoms with Gasteiger partial charge in [-0.3, -0.25) is 4.99 Å². The van der Waals surface area contributed by atoms with Crippen molar-refractivity contribution in [2.24, 2.45) is 4.99 Å². The van der Waals surface area contributed by atoms with Crippen LogP contribution in [0.5, 0.6) is 0 Å². The molecule has 86 valence electrons. The van der Waals surface area contributed by atoms with Crippen LogP contribution in [-0.2, 0) is 0 Å². The van der Waals surface area contributed by atoms with Gasteiger partial charge in [-0.1, -0.05) is 29.8 Å². The molecule has 3 heteroatoms. The van der Waals surface area contributed by atoms with Gasteiger partial charge in [-0.2, -0.15) is 0 Å². The van der Waals surface area contributed by atoms with E-state index < -0.39 is 0 Å². The Bertz CT molecular complexity index is 430. The second-order valence-corrected chi connectivity index (χ2v) is 4.23. The largest absolute Gasteiger partial charge is 0.256 e. The van der Waals surface area contributed by atoms with Gasteiger partial charge in [-0.15, -0.1) is 24.0 Å². The molecule has 0 bridgehead atoms. The zero-order chi connectivity index (χ0) is 10.8. The average molecular weight is 256 g/mol. The quantitative estimate of drug-likeness (QED) is 0.706. The first-order chi connectivity index (χ1) is 7.20. The number of benzene rings is 1. The van der Waals surface area contributed by atoms with E-state index in [-0.39, 0.29) is 12.4 Å². The molecule has 0 saturated heterocycles. The van der Waals surface area contributed by atoms with Crippen molar-refractivity contribution >= 4 is 29.7 Å². The Morgan fingerprint density at radius 2 is 1.81 bits per heavy atom. The highest BCUT2D eigenvalue weighted by Crippen LogP contribution is 2.23. The number of rotatable bonds is 2. The molecule has 0 aromatic heterocycles. The predicted octanol–water partition coefficient (Wildman–Crippen LogP) is 4.12. The summed E-state index contributed by atoms with van der Waals surface area (Å²) < 4.78 is 0. The van der Waals surface area contributed by atoms with Crippen LogP contribution in [0.2, 0.25) is 0 Å². The van der Waals surface area contributed by atoms with E-state index in [9.17, 15) is 0 Å². The molecule has 0 saturated carbocycles. The van der Waals surface area contributed by atoms with Crippen LogP contribution < -0.4 is 0 Å². The van der Waals surface area contributed by atoms with E-state index in [1.54, 1.807) is 0 Å². The summed E-state index contributed by atoms with van der Waals surface area (Å²) in [5, 5.41) is 0. The van der Waals surface area contributed by atoms with Gasteiger partial charge in [0.05, 0.1) is 17.3 Å². The highest BCUT2D eigenvalue weighted by molar-refractivity contribution is 6.20. The summed E-state index contributed by atoms with van der Waals surface area (Å²) >= 11 is 5.82. The van der Waals surface area contributed by atoms with Crippen molar-refractivity contribution in [2.75, 3.05) is 5.88 Å². The van der Waals surface area contributed by atoms with Crippen molar-refractivity contribution in [3.63, 3.8) is 0 Å². The summed E-state index contributed by atoms with van der Waals surface area (Å²) in [6, 6.07) is 8.48. The van der Waals surface area contributed by atoms with Crippen LogP contribution in [0.1, 0.15) is 24.5 Å². The maximum absolute atomic E-state index is 5.82. The first-order valence-corrected chi connectivity index (χ1v) is 5.63. The summed E-state index contributed by atoms with van der Waals surface area (Å²) in [5.41, 5.74) is 5.95. The van der Waals surface area contributed by atoms with Crippen molar-refractivity contribution in [1.29, 1.82) is 0 Å². The number of allylic oxidation sites excluding steroid dienone is 2. The maximum Gasteiger partial charge on any atom is 0.0647 e. The van der Waals surface area contributed by atoms with Crippen molar-refractivity contribution in [2.45, 2.75) is 20.3 Å². The molecule has 0 atom stereocenters. The van der Waals surface area contributed by atoms with Crippen molar-refractivity contribution in [3.05, 3.63) is 46.7 Å². The van der Waals surface area contributed by atoms with Crippen LogP contribution in [0.3, 0.4) is 0 Å². The minimum atomic E-state index is 0. The maximum atomic E-state index is 5.82. The van der Waals surface area contributed by atoms with Crippen molar-refractivity contribution < 1.29 is 0 Å². The second-order valence-electron chi connectivity index (χ2n) is 3.96. The van der Waals surface area contributed by atoms with Gasteiger partial charge in [0.2, 0.25) is 0 Å². The summed E-state index contributed by atoms with van der Waals surface area (Å²) in [6.07, 6.45) is 0.936. The molecule has 1 aromatic rings. The van der Waals surface area contributed by atoms with Gasteiger partial charge < -0.3 is 0 Å². The van der Waals surface area contributed by atoms with Crippen LogP contribution in [0.4, 0.5) is 0 Å². The summed E-state index contributed by atoms with van der Waals surface area (Å²) in [4.78, 5) is 4.55. The van der Waals surface area contributed by atoms with E-state index in [1.807, 2.05) is 0 Å². The summed E-state index contributed by atoms with van der Waals surface area (Å²) in [5.74, 6) is 0.515. The van der Waals surface area contributed by atoms with E-state index in [0.717, 1.165) is 17.8 Å². The highest BCUT2D eigenvalue weighted by Gasteiger charge is 2.14. The van der Waals surface area contributed by atoms with Gasteiger partial charge >= 0.3 is 0 Å². The van der Waals surface area contributed by atoms with Crippen molar-refractivity contribution in [3.8, 4) is 0 Å². The van der Waals surface area contributed by atoms with Gasteiger partial charge in [0.15, 0.2) is 0 Å². The molecule has 0 fully saturated rings. The van der Waals surface area contributed by atoms with Gasteiger partial charge in [0.1, 0.15) is 0 Å². The lowest BCUT2D eigenvalue weighted by Crippen LogP contribution is -1.96. The Kier molecular flexibility index (Phi) is 4.57. The monoisotopic (exact) mass is 255 g/mol. The smallest absolute Gasteiger partial charge is 0.0647 e. The highest BCUT2D eigenvalue weighted by atomic mass is 35.5. The molecular weight excluding hydrogens is 241 g/mol. The number of aryl methyl sites for hydroxylation is 1. The minimum Gasteiger partial charge on any atom is -0.256 e. The fraction of sp³-hybridized carbons (Fsp3) is 0.308. The molecule has 1 nitrogen and oxygen atoms in total. The third kappa shape index (κ3) is 2.66. The molecular formula is C13H15Cl2N. The molecule has 0 spiro atoms. The Balaban J connectivity index is 0.00000128. The molecule has 1 heterocycles. The van der Waals surface area contributed by atoms with Crippen LogP contribution >= 0.6 is 24.0 Å². The third-order valence-corrected chi connectivity index (χ3v) is 2.96.